The molecule has 0 aliphatic carbocycles. The predicted octanol–water partition coefficient (Wildman–Crippen LogP) is 3.60. The molecule has 4 nitrogen and oxygen atoms in total. The number of carbonyl (C=O) groups is 1. The second kappa shape index (κ2) is 7.08. The number of hydrogen-bond donors (Lipinski definition) is 2. The molecule has 1 saturated heterocycles. The molecule has 7 heteroatoms. The Bertz CT molecular complexity index is 519. The fourth-order valence-corrected chi connectivity index (χ4v) is 4.75. The molecule has 0 unspecified atom stereocenters. The van der Waals surface area contributed by atoms with Crippen LogP contribution in [0.25, 0.3) is 0 Å². The maximum atomic E-state index is 12.7. The van der Waals surface area contributed by atoms with Gasteiger partial charge in [0.15, 0.2) is 0 Å². The summed E-state index contributed by atoms with van der Waals surface area (Å²) in [7, 11) is 0. The fourth-order valence-electron chi connectivity index (χ4n) is 2.30. The molecule has 1 amide bonds. The number of halogens is 3. The minimum atomic E-state index is -0.548. The lowest BCUT2D eigenvalue weighted by Gasteiger charge is -2.39. The van der Waals surface area contributed by atoms with Gasteiger partial charge in [-0.2, -0.15) is 0 Å². The van der Waals surface area contributed by atoms with Crippen LogP contribution in [0, 0.1) is 0 Å². The zero-order valence-corrected chi connectivity index (χ0v) is 16.7. The number of piperazine rings is 1. The van der Waals surface area contributed by atoms with E-state index in [0.717, 1.165) is 45.3 Å². The average molecular weight is 484 g/mol. The molecule has 0 spiro atoms. The van der Waals surface area contributed by atoms with Gasteiger partial charge in [-0.05, 0) is 57.8 Å². The minimum Gasteiger partial charge on any atom is -0.323 e. The van der Waals surface area contributed by atoms with Crippen molar-refractivity contribution in [1.29, 1.82) is 0 Å². The van der Waals surface area contributed by atoms with Gasteiger partial charge in [0.05, 0.1) is 11.2 Å². The van der Waals surface area contributed by atoms with Gasteiger partial charge in [0.25, 0.3) is 0 Å². The van der Waals surface area contributed by atoms with Crippen LogP contribution in [0.3, 0.4) is 0 Å². The third-order valence-electron chi connectivity index (χ3n) is 3.71. The zero-order valence-electron chi connectivity index (χ0n) is 12.0. The van der Waals surface area contributed by atoms with E-state index in [1.165, 1.54) is 0 Å². The molecule has 1 aromatic carbocycles. The molecule has 0 aromatic heterocycles. The molecule has 0 atom stereocenters. The lowest BCUT2D eigenvalue weighted by atomic mass is 10.0. The number of amides is 1. The molecular formula is C14H18Br3N3O. The summed E-state index contributed by atoms with van der Waals surface area (Å²) in [6.45, 7) is 7.53. The molecule has 1 aromatic rings. The topological polar surface area (TPSA) is 44.4 Å². The summed E-state index contributed by atoms with van der Waals surface area (Å²) in [6.07, 6.45) is 0. The number of benzene rings is 1. The normalized spacial score (nSPS) is 16.8. The molecule has 21 heavy (non-hydrogen) atoms. The first-order valence-electron chi connectivity index (χ1n) is 6.74. The van der Waals surface area contributed by atoms with Crippen molar-refractivity contribution in [2.24, 2.45) is 0 Å². The first kappa shape index (κ1) is 17.4. The number of rotatable bonds is 3. The summed E-state index contributed by atoms with van der Waals surface area (Å²) < 4.78 is 2.63. The maximum Gasteiger partial charge on any atom is 0.244 e. The van der Waals surface area contributed by atoms with Gasteiger partial charge in [0.2, 0.25) is 5.91 Å². The van der Waals surface area contributed by atoms with Crippen LogP contribution < -0.4 is 10.6 Å². The minimum absolute atomic E-state index is 0.00637. The second-order valence-corrected chi connectivity index (χ2v) is 8.12. The molecule has 1 aliphatic rings. The van der Waals surface area contributed by atoms with Crippen molar-refractivity contribution >= 4 is 59.4 Å². The van der Waals surface area contributed by atoms with Crippen LogP contribution in [0.1, 0.15) is 13.8 Å². The van der Waals surface area contributed by atoms with Gasteiger partial charge in [-0.1, -0.05) is 15.9 Å². The highest BCUT2D eigenvalue weighted by atomic mass is 79.9. The van der Waals surface area contributed by atoms with E-state index in [0.29, 0.717) is 0 Å². The van der Waals surface area contributed by atoms with E-state index in [9.17, 15) is 4.79 Å². The van der Waals surface area contributed by atoms with Crippen LogP contribution >= 0.6 is 47.8 Å². The number of carbonyl (C=O) groups excluding carboxylic acids is 1. The van der Waals surface area contributed by atoms with Gasteiger partial charge in [0, 0.05) is 39.6 Å². The Morgan fingerprint density at radius 2 is 1.71 bits per heavy atom. The van der Waals surface area contributed by atoms with Crippen molar-refractivity contribution in [1.82, 2.24) is 10.2 Å². The monoisotopic (exact) mass is 481 g/mol. The van der Waals surface area contributed by atoms with Crippen LogP contribution in [0.15, 0.2) is 25.6 Å². The standard InChI is InChI=1S/C14H18Br3N3O/c1-14(2,20-5-3-18-4-6-20)13(21)19-12-10(16)7-9(15)8-11(12)17/h7-8,18H,3-6H2,1-2H3,(H,19,21). The highest BCUT2D eigenvalue weighted by Crippen LogP contribution is 2.35. The zero-order chi connectivity index (χ0) is 15.6. The van der Waals surface area contributed by atoms with Gasteiger partial charge in [-0.15, -0.1) is 0 Å². The van der Waals surface area contributed by atoms with Crippen LogP contribution in [-0.2, 0) is 4.79 Å². The average Bonchev–Trinajstić information content (AvgIpc) is 2.43. The quantitative estimate of drug-likeness (QED) is 0.690. The van der Waals surface area contributed by atoms with Crippen LogP contribution in [0.2, 0.25) is 0 Å². The Morgan fingerprint density at radius 3 is 2.24 bits per heavy atom. The van der Waals surface area contributed by atoms with E-state index >= 15 is 0 Å². The Labute approximate surface area is 150 Å². The fraction of sp³-hybridized carbons (Fsp3) is 0.500. The number of hydrogen-bond acceptors (Lipinski definition) is 3. The van der Waals surface area contributed by atoms with Gasteiger partial charge in [-0.3, -0.25) is 9.69 Å². The van der Waals surface area contributed by atoms with E-state index in [2.05, 4.69) is 63.3 Å². The largest absolute Gasteiger partial charge is 0.323 e. The molecule has 0 radical (unpaired) electrons. The number of nitrogens with one attached hydrogen (secondary N) is 2. The summed E-state index contributed by atoms with van der Waals surface area (Å²) in [6, 6.07) is 3.83. The van der Waals surface area contributed by atoms with Crippen molar-refractivity contribution in [2.75, 3.05) is 31.5 Å². The van der Waals surface area contributed by atoms with E-state index in [1.54, 1.807) is 0 Å². The molecule has 1 fully saturated rings. The molecule has 2 N–H and O–H groups in total. The van der Waals surface area contributed by atoms with E-state index < -0.39 is 5.54 Å². The van der Waals surface area contributed by atoms with Crippen LogP contribution in [-0.4, -0.2) is 42.5 Å². The Kier molecular flexibility index (Phi) is 5.87. The van der Waals surface area contributed by atoms with Crippen molar-refractivity contribution in [3.05, 3.63) is 25.6 Å². The van der Waals surface area contributed by atoms with Crippen LogP contribution in [0.4, 0.5) is 5.69 Å². The Morgan fingerprint density at radius 1 is 1.19 bits per heavy atom. The highest BCUT2D eigenvalue weighted by Gasteiger charge is 2.35. The highest BCUT2D eigenvalue weighted by molar-refractivity contribution is 9.11. The Balaban J connectivity index is 2.17. The second-order valence-electron chi connectivity index (χ2n) is 5.49. The lowest BCUT2D eigenvalue weighted by Crippen LogP contribution is -2.58. The molecular weight excluding hydrogens is 466 g/mol. The summed E-state index contributed by atoms with van der Waals surface area (Å²) in [5, 5.41) is 6.33. The third kappa shape index (κ3) is 4.07. The SMILES string of the molecule is CC(C)(C(=O)Nc1c(Br)cc(Br)cc1Br)N1CCNCC1. The maximum absolute atomic E-state index is 12.7. The van der Waals surface area contributed by atoms with Crippen molar-refractivity contribution in [3.8, 4) is 0 Å². The summed E-state index contributed by atoms with van der Waals surface area (Å²) in [5.74, 6) is -0.00637. The number of anilines is 1. The van der Waals surface area contributed by atoms with Crippen molar-refractivity contribution in [2.45, 2.75) is 19.4 Å². The predicted molar refractivity (Wildman–Crippen MR) is 96.7 cm³/mol. The Hall–Kier alpha value is 0.0500. The molecule has 116 valence electrons. The number of nitrogens with zero attached hydrogens (tertiary/aromatic N) is 1. The smallest absolute Gasteiger partial charge is 0.244 e. The summed E-state index contributed by atoms with van der Waals surface area (Å²) >= 11 is 10.4. The first-order valence-corrected chi connectivity index (χ1v) is 9.12. The van der Waals surface area contributed by atoms with Gasteiger partial charge in [-0.25, -0.2) is 0 Å². The van der Waals surface area contributed by atoms with E-state index in [-0.39, 0.29) is 5.91 Å². The summed E-state index contributed by atoms with van der Waals surface area (Å²) in [4.78, 5) is 14.9. The lowest BCUT2D eigenvalue weighted by molar-refractivity contribution is -0.126. The van der Waals surface area contributed by atoms with Gasteiger partial charge < -0.3 is 10.6 Å². The van der Waals surface area contributed by atoms with Crippen molar-refractivity contribution in [3.63, 3.8) is 0 Å². The van der Waals surface area contributed by atoms with Crippen molar-refractivity contribution < 1.29 is 4.79 Å². The first-order chi connectivity index (χ1) is 9.82. The third-order valence-corrected chi connectivity index (χ3v) is 5.42. The summed E-state index contributed by atoms with van der Waals surface area (Å²) in [5.41, 5.74) is 0.208. The van der Waals surface area contributed by atoms with Gasteiger partial charge >= 0.3 is 0 Å². The molecule has 0 bridgehead atoms. The van der Waals surface area contributed by atoms with E-state index in [4.69, 9.17) is 0 Å². The molecule has 1 aliphatic heterocycles. The molecule has 2 rings (SSSR count). The van der Waals surface area contributed by atoms with E-state index in [1.807, 2.05) is 26.0 Å². The molecule has 1 heterocycles. The van der Waals surface area contributed by atoms with Gasteiger partial charge in [0.1, 0.15) is 0 Å². The van der Waals surface area contributed by atoms with Crippen LogP contribution in [0.5, 0.6) is 0 Å². The molecule has 0 saturated carbocycles.